The lowest BCUT2D eigenvalue weighted by molar-refractivity contribution is -0.127. The molecule has 0 unspecified atom stereocenters. The van der Waals surface area contributed by atoms with Crippen LogP contribution in [0.3, 0.4) is 0 Å². The first-order chi connectivity index (χ1) is 14.0. The predicted molar refractivity (Wildman–Crippen MR) is 106 cm³/mol. The van der Waals surface area contributed by atoms with Crippen LogP contribution in [0.1, 0.15) is 22.6 Å². The summed E-state index contributed by atoms with van der Waals surface area (Å²) in [4.78, 5) is 24.8. The fourth-order valence-corrected chi connectivity index (χ4v) is 3.28. The zero-order chi connectivity index (χ0) is 20.8. The van der Waals surface area contributed by atoms with Gasteiger partial charge in [0, 0.05) is 5.92 Å². The topological polar surface area (TPSA) is 72.2 Å². The second-order valence-electron chi connectivity index (χ2n) is 6.67. The van der Waals surface area contributed by atoms with E-state index >= 15 is 0 Å². The van der Waals surface area contributed by atoms with Crippen molar-refractivity contribution < 1.29 is 18.4 Å². The molecule has 6 heteroatoms. The smallest absolute Gasteiger partial charge is 0.240 e. The van der Waals surface area contributed by atoms with E-state index in [4.69, 9.17) is 5.73 Å². The molecule has 3 aromatic rings. The average molecular weight is 394 g/mol. The highest BCUT2D eigenvalue weighted by atomic mass is 19.2. The lowest BCUT2D eigenvalue weighted by atomic mass is 9.84. The number of halogens is 2. The largest absolute Gasteiger partial charge is 0.368 e. The molecule has 4 nitrogen and oxygen atoms in total. The fourth-order valence-electron chi connectivity index (χ4n) is 3.28. The highest BCUT2D eigenvalue weighted by Crippen LogP contribution is 2.28. The molecule has 0 fully saturated rings. The summed E-state index contributed by atoms with van der Waals surface area (Å²) in [7, 11) is 0. The van der Waals surface area contributed by atoms with Gasteiger partial charge in [-0.05, 0) is 28.8 Å². The number of rotatable bonds is 7. The third-order valence-corrected chi connectivity index (χ3v) is 4.62. The highest BCUT2D eigenvalue weighted by molar-refractivity contribution is 5.88. The number of hydrogen-bond acceptors (Lipinski definition) is 2. The second-order valence-corrected chi connectivity index (χ2v) is 6.67. The van der Waals surface area contributed by atoms with Gasteiger partial charge in [0.15, 0.2) is 11.6 Å². The number of amides is 2. The number of carbonyl (C=O) groups is 2. The summed E-state index contributed by atoms with van der Waals surface area (Å²) in [6.45, 7) is 0. The summed E-state index contributed by atoms with van der Waals surface area (Å²) >= 11 is 0. The third kappa shape index (κ3) is 5.04. The van der Waals surface area contributed by atoms with Crippen molar-refractivity contribution >= 4 is 11.8 Å². The van der Waals surface area contributed by atoms with E-state index in [1.807, 2.05) is 60.7 Å². The van der Waals surface area contributed by atoms with Crippen LogP contribution in [0.25, 0.3) is 0 Å². The molecule has 0 radical (unpaired) electrons. The van der Waals surface area contributed by atoms with Crippen LogP contribution in [-0.4, -0.2) is 17.9 Å². The highest BCUT2D eigenvalue weighted by Gasteiger charge is 2.30. The van der Waals surface area contributed by atoms with E-state index in [-0.39, 0.29) is 6.42 Å². The molecule has 0 heterocycles. The molecule has 0 aliphatic rings. The molecule has 0 bridgehead atoms. The minimum atomic E-state index is -1.03. The zero-order valence-corrected chi connectivity index (χ0v) is 15.5. The lowest BCUT2D eigenvalue weighted by Gasteiger charge is -2.27. The maximum atomic E-state index is 13.4. The number of nitrogens with two attached hydrogens (primary N) is 1. The van der Waals surface area contributed by atoms with E-state index in [2.05, 4.69) is 5.32 Å². The van der Waals surface area contributed by atoms with Gasteiger partial charge in [0.1, 0.15) is 6.04 Å². The first-order valence-corrected chi connectivity index (χ1v) is 9.08. The fraction of sp³-hybridized carbons (Fsp3) is 0.130. The van der Waals surface area contributed by atoms with Crippen LogP contribution in [0.15, 0.2) is 78.9 Å². The summed E-state index contributed by atoms with van der Waals surface area (Å²) < 4.78 is 26.5. The van der Waals surface area contributed by atoms with Gasteiger partial charge in [-0.2, -0.15) is 0 Å². The van der Waals surface area contributed by atoms with Crippen LogP contribution in [0.4, 0.5) is 8.78 Å². The van der Waals surface area contributed by atoms with Crippen LogP contribution >= 0.6 is 0 Å². The molecular weight excluding hydrogens is 374 g/mol. The molecule has 3 N–H and O–H groups in total. The Kier molecular flexibility index (Phi) is 6.34. The normalized spacial score (nSPS) is 11.8. The summed E-state index contributed by atoms with van der Waals surface area (Å²) in [6, 6.07) is 20.7. The Bertz CT molecular complexity index is 955. The van der Waals surface area contributed by atoms with Crippen LogP contribution in [0.5, 0.6) is 0 Å². The van der Waals surface area contributed by atoms with Crippen molar-refractivity contribution in [3.63, 3.8) is 0 Å². The SMILES string of the molecule is NC(=O)[C@@H](NC(=O)Cc1ccc(F)c(F)c1)C(c1ccccc1)c1ccccc1. The van der Waals surface area contributed by atoms with E-state index in [9.17, 15) is 18.4 Å². The molecule has 0 saturated heterocycles. The van der Waals surface area contributed by atoms with Crippen molar-refractivity contribution in [2.75, 3.05) is 0 Å². The summed E-state index contributed by atoms with van der Waals surface area (Å²) in [5.74, 6) is -3.73. The minimum Gasteiger partial charge on any atom is -0.368 e. The summed E-state index contributed by atoms with van der Waals surface area (Å²) in [6.07, 6.45) is -0.211. The molecule has 0 saturated carbocycles. The van der Waals surface area contributed by atoms with Crippen molar-refractivity contribution in [1.82, 2.24) is 5.32 Å². The van der Waals surface area contributed by atoms with Crippen LogP contribution in [0, 0.1) is 11.6 Å². The minimum absolute atomic E-state index is 0.211. The van der Waals surface area contributed by atoms with Crippen molar-refractivity contribution in [1.29, 1.82) is 0 Å². The van der Waals surface area contributed by atoms with Crippen molar-refractivity contribution in [3.8, 4) is 0 Å². The van der Waals surface area contributed by atoms with E-state index < -0.39 is 35.4 Å². The summed E-state index contributed by atoms with van der Waals surface area (Å²) in [5, 5.41) is 2.67. The first kappa shape index (κ1) is 20.2. The lowest BCUT2D eigenvalue weighted by Crippen LogP contribution is -2.49. The molecule has 2 amide bonds. The van der Waals surface area contributed by atoms with Gasteiger partial charge in [-0.3, -0.25) is 9.59 Å². The van der Waals surface area contributed by atoms with E-state index in [1.54, 1.807) is 0 Å². The Morgan fingerprint density at radius 3 is 1.86 bits per heavy atom. The van der Waals surface area contributed by atoms with Gasteiger partial charge >= 0.3 is 0 Å². The maximum Gasteiger partial charge on any atom is 0.240 e. The van der Waals surface area contributed by atoms with Crippen molar-refractivity contribution in [2.24, 2.45) is 5.73 Å². The van der Waals surface area contributed by atoms with Gasteiger partial charge in [0.25, 0.3) is 0 Å². The average Bonchev–Trinajstić information content (AvgIpc) is 2.72. The third-order valence-electron chi connectivity index (χ3n) is 4.62. The van der Waals surface area contributed by atoms with Gasteiger partial charge < -0.3 is 11.1 Å². The molecule has 148 valence electrons. The Hall–Kier alpha value is -3.54. The first-order valence-electron chi connectivity index (χ1n) is 9.08. The van der Waals surface area contributed by atoms with Crippen LogP contribution < -0.4 is 11.1 Å². The molecular formula is C23H20F2N2O2. The maximum absolute atomic E-state index is 13.4. The van der Waals surface area contributed by atoms with Gasteiger partial charge in [0.05, 0.1) is 6.42 Å². The molecule has 3 rings (SSSR count). The summed E-state index contributed by atoms with van der Waals surface area (Å²) in [5.41, 5.74) is 7.56. The Labute approximate surface area is 167 Å². The quantitative estimate of drug-likeness (QED) is 0.645. The molecule has 0 aromatic heterocycles. The molecule has 0 aliphatic heterocycles. The number of hydrogen-bond donors (Lipinski definition) is 2. The number of carbonyl (C=O) groups excluding carboxylic acids is 2. The molecule has 0 spiro atoms. The van der Waals surface area contributed by atoms with Gasteiger partial charge in [-0.15, -0.1) is 0 Å². The van der Waals surface area contributed by atoms with E-state index in [1.165, 1.54) is 6.07 Å². The van der Waals surface area contributed by atoms with Gasteiger partial charge in [-0.1, -0.05) is 66.7 Å². The molecule has 1 atom stereocenters. The number of primary amides is 1. The molecule has 3 aromatic carbocycles. The second kappa shape index (κ2) is 9.10. The Balaban J connectivity index is 1.88. The molecule has 0 aliphatic carbocycles. The van der Waals surface area contributed by atoms with E-state index in [0.717, 1.165) is 23.3 Å². The standard InChI is InChI=1S/C23H20F2N2O2/c24-18-12-11-15(13-19(18)25)14-20(28)27-22(23(26)29)21(16-7-3-1-4-8-16)17-9-5-2-6-10-17/h1-13,21-22H,14H2,(H2,26,29)(H,27,28)/t22-/m0/s1. The van der Waals surface area contributed by atoms with Crippen LogP contribution in [-0.2, 0) is 16.0 Å². The zero-order valence-electron chi connectivity index (χ0n) is 15.5. The number of benzene rings is 3. The Morgan fingerprint density at radius 2 is 1.38 bits per heavy atom. The Morgan fingerprint density at radius 1 is 0.828 bits per heavy atom. The molecule has 29 heavy (non-hydrogen) atoms. The van der Waals surface area contributed by atoms with Crippen molar-refractivity contribution in [2.45, 2.75) is 18.4 Å². The van der Waals surface area contributed by atoms with E-state index in [0.29, 0.717) is 5.56 Å². The predicted octanol–water partition coefficient (Wildman–Crippen LogP) is 3.31. The van der Waals surface area contributed by atoms with Crippen molar-refractivity contribution in [3.05, 3.63) is 107 Å². The van der Waals surface area contributed by atoms with Gasteiger partial charge in [-0.25, -0.2) is 8.78 Å². The monoisotopic (exact) mass is 394 g/mol. The van der Waals surface area contributed by atoms with Gasteiger partial charge in [0.2, 0.25) is 11.8 Å². The van der Waals surface area contributed by atoms with Crippen LogP contribution in [0.2, 0.25) is 0 Å². The number of nitrogens with one attached hydrogen (secondary N) is 1.